The van der Waals surface area contributed by atoms with E-state index in [0.717, 1.165) is 24.2 Å². The van der Waals surface area contributed by atoms with Crippen molar-refractivity contribution >= 4 is 28.4 Å². The largest absolute Gasteiger partial charge is 0.348 e. The molecule has 0 saturated carbocycles. The maximum absolute atomic E-state index is 12.8. The van der Waals surface area contributed by atoms with E-state index in [0.29, 0.717) is 0 Å². The highest BCUT2D eigenvalue weighted by molar-refractivity contribution is 8.00. The van der Waals surface area contributed by atoms with Crippen molar-refractivity contribution in [1.29, 1.82) is 0 Å². The van der Waals surface area contributed by atoms with E-state index in [2.05, 4.69) is 59.9 Å². The van der Waals surface area contributed by atoms with Crippen LogP contribution in [0.3, 0.4) is 0 Å². The molecule has 0 saturated heterocycles. The van der Waals surface area contributed by atoms with Gasteiger partial charge in [0.2, 0.25) is 5.91 Å². The summed E-state index contributed by atoms with van der Waals surface area (Å²) in [6.07, 6.45) is 3.27. The van der Waals surface area contributed by atoms with Gasteiger partial charge in [0, 0.05) is 4.90 Å². The highest BCUT2D eigenvalue weighted by Crippen LogP contribution is 2.31. The quantitative estimate of drug-likeness (QED) is 0.620. The lowest BCUT2D eigenvalue weighted by molar-refractivity contribution is -0.121. The number of hydrogen-bond donors (Lipinski definition) is 1. The van der Waals surface area contributed by atoms with E-state index in [-0.39, 0.29) is 17.2 Å². The van der Waals surface area contributed by atoms with Gasteiger partial charge >= 0.3 is 0 Å². The molecule has 0 unspecified atom stereocenters. The van der Waals surface area contributed by atoms with Crippen molar-refractivity contribution in [2.24, 2.45) is 0 Å². The summed E-state index contributed by atoms with van der Waals surface area (Å²) in [4.78, 5) is 13.9. The summed E-state index contributed by atoms with van der Waals surface area (Å²) in [7, 11) is 0. The second-order valence-corrected chi connectivity index (χ2v) is 8.34. The molecule has 0 bridgehead atoms. The van der Waals surface area contributed by atoms with Gasteiger partial charge < -0.3 is 5.32 Å². The number of aryl methyl sites for hydroxylation is 1. The topological polar surface area (TPSA) is 29.1 Å². The molecule has 26 heavy (non-hydrogen) atoms. The number of thioether (sulfide) groups is 1. The number of hydrogen-bond acceptors (Lipinski definition) is 2. The Morgan fingerprint density at radius 1 is 1.04 bits per heavy atom. The molecule has 2 atom stereocenters. The third-order valence-electron chi connectivity index (χ3n) is 5.09. The van der Waals surface area contributed by atoms with Crippen molar-refractivity contribution in [3.63, 3.8) is 0 Å². The molecule has 3 heteroatoms. The minimum absolute atomic E-state index is 0.116. The molecular weight excluding hydrogens is 338 g/mol. The summed E-state index contributed by atoms with van der Waals surface area (Å²) in [5.41, 5.74) is 2.66. The average Bonchev–Trinajstić information content (AvgIpc) is 2.68. The van der Waals surface area contributed by atoms with Crippen LogP contribution < -0.4 is 5.32 Å². The highest BCUT2D eigenvalue weighted by Gasteiger charge is 2.24. The first-order chi connectivity index (χ1) is 12.7. The molecule has 0 aliphatic heterocycles. The normalized spacial score (nSPS) is 17.5. The van der Waals surface area contributed by atoms with Gasteiger partial charge in [-0.15, -0.1) is 11.8 Å². The number of carbonyl (C=O) groups is 1. The summed E-state index contributed by atoms with van der Waals surface area (Å²) in [5, 5.41) is 5.60. The van der Waals surface area contributed by atoms with E-state index in [1.165, 1.54) is 21.9 Å². The monoisotopic (exact) mass is 361 g/mol. The first-order valence-electron chi connectivity index (χ1n) is 9.24. The molecule has 132 valence electrons. The second kappa shape index (κ2) is 7.55. The van der Waals surface area contributed by atoms with Crippen LogP contribution in [0.25, 0.3) is 10.8 Å². The highest BCUT2D eigenvalue weighted by atomic mass is 32.2. The number of rotatable bonds is 4. The first kappa shape index (κ1) is 17.2. The zero-order valence-electron chi connectivity index (χ0n) is 14.9. The van der Waals surface area contributed by atoms with Crippen LogP contribution in [-0.4, -0.2) is 11.2 Å². The molecule has 3 aromatic rings. The number of benzene rings is 3. The smallest absolute Gasteiger partial charge is 0.233 e. The Balaban J connectivity index is 1.45. The number of amides is 1. The van der Waals surface area contributed by atoms with Crippen molar-refractivity contribution < 1.29 is 4.79 Å². The van der Waals surface area contributed by atoms with Crippen LogP contribution in [0.2, 0.25) is 0 Å². The average molecular weight is 362 g/mol. The zero-order chi connectivity index (χ0) is 17.9. The molecule has 3 aromatic carbocycles. The van der Waals surface area contributed by atoms with Gasteiger partial charge in [-0.2, -0.15) is 0 Å². The van der Waals surface area contributed by atoms with E-state index >= 15 is 0 Å². The fraction of sp³-hybridized carbons (Fsp3) is 0.261. The molecule has 0 fully saturated rings. The van der Waals surface area contributed by atoms with E-state index in [1.54, 1.807) is 11.8 Å². The van der Waals surface area contributed by atoms with Crippen molar-refractivity contribution in [2.45, 2.75) is 42.4 Å². The lowest BCUT2D eigenvalue weighted by Gasteiger charge is -2.27. The SMILES string of the molecule is C[C@@H](Sc1ccc2ccccc2c1)C(=O)N[C@@H]1CCCc2ccccc21. The van der Waals surface area contributed by atoms with Crippen LogP contribution in [0.1, 0.15) is 36.9 Å². The number of carbonyl (C=O) groups excluding carboxylic acids is 1. The third kappa shape index (κ3) is 3.63. The molecule has 0 spiro atoms. The standard InChI is InChI=1S/C23H23NOS/c1-16(26-20-14-13-17-7-2-3-9-19(17)15-20)23(25)24-22-12-6-10-18-8-4-5-11-21(18)22/h2-5,7-9,11,13-16,22H,6,10,12H2,1H3,(H,24,25)/t16-,22-/m1/s1. The maximum atomic E-state index is 12.8. The second-order valence-electron chi connectivity index (χ2n) is 6.92. The van der Waals surface area contributed by atoms with Crippen LogP contribution in [-0.2, 0) is 11.2 Å². The molecule has 0 aromatic heterocycles. The Kier molecular flexibility index (Phi) is 4.98. The van der Waals surface area contributed by atoms with Gasteiger partial charge in [0.1, 0.15) is 0 Å². The van der Waals surface area contributed by atoms with Gasteiger partial charge in [-0.25, -0.2) is 0 Å². The Morgan fingerprint density at radius 3 is 2.69 bits per heavy atom. The number of fused-ring (bicyclic) bond motifs is 2. The predicted molar refractivity (Wildman–Crippen MR) is 110 cm³/mol. The lowest BCUT2D eigenvalue weighted by atomic mass is 9.88. The van der Waals surface area contributed by atoms with Crippen LogP contribution in [0, 0.1) is 0 Å². The van der Waals surface area contributed by atoms with E-state index in [9.17, 15) is 4.79 Å². The van der Waals surface area contributed by atoms with Gasteiger partial charge in [-0.05, 0) is 60.2 Å². The van der Waals surface area contributed by atoms with Crippen molar-refractivity contribution in [3.8, 4) is 0 Å². The number of nitrogens with one attached hydrogen (secondary N) is 1. The molecule has 0 radical (unpaired) electrons. The van der Waals surface area contributed by atoms with Crippen LogP contribution in [0.15, 0.2) is 71.6 Å². The van der Waals surface area contributed by atoms with Crippen LogP contribution in [0.4, 0.5) is 0 Å². The van der Waals surface area contributed by atoms with Crippen molar-refractivity contribution in [2.75, 3.05) is 0 Å². The molecule has 0 heterocycles. The lowest BCUT2D eigenvalue weighted by Crippen LogP contribution is -2.35. The molecule has 1 aliphatic rings. The van der Waals surface area contributed by atoms with Gasteiger partial charge in [-0.3, -0.25) is 4.79 Å². The van der Waals surface area contributed by atoms with Crippen LogP contribution >= 0.6 is 11.8 Å². The van der Waals surface area contributed by atoms with E-state index in [4.69, 9.17) is 0 Å². The molecular formula is C23H23NOS. The van der Waals surface area contributed by atoms with Crippen molar-refractivity contribution in [3.05, 3.63) is 77.9 Å². The Morgan fingerprint density at radius 2 is 1.81 bits per heavy atom. The Labute approximate surface area is 159 Å². The molecule has 1 N–H and O–H groups in total. The third-order valence-corrected chi connectivity index (χ3v) is 6.18. The fourth-order valence-corrected chi connectivity index (χ4v) is 4.62. The molecule has 1 amide bonds. The van der Waals surface area contributed by atoms with E-state index in [1.807, 2.05) is 19.1 Å². The minimum atomic E-state index is -0.120. The van der Waals surface area contributed by atoms with Crippen LogP contribution in [0.5, 0.6) is 0 Å². The summed E-state index contributed by atoms with van der Waals surface area (Å²) in [6, 6.07) is 23.3. The maximum Gasteiger partial charge on any atom is 0.233 e. The van der Waals surface area contributed by atoms with E-state index < -0.39 is 0 Å². The van der Waals surface area contributed by atoms with Gasteiger partial charge in [0.15, 0.2) is 0 Å². The fourth-order valence-electron chi connectivity index (χ4n) is 3.69. The molecule has 1 aliphatic carbocycles. The molecule has 2 nitrogen and oxygen atoms in total. The predicted octanol–water partition coefficient (Wildman–Crippen LogP) is 5.51. The summed E-state index contributed by atoms with van der Waals surface area (Å²) in [6.45, 7) is 1.99. The van der Waals surface area contributed by atoms with Gasteiger partial charge in [0.05, 0.1) is 11.3 Å². The Bertz CT molecular complexity index is 936. The van der Waals surface area contributed by atoms with Crippen molar-refractivity contribution in [1.82, 2.24) is 5.32 Å². The summed E-state index contributed by atoms with van der Waals surface area (Å²) in [5.74, 6) is 0.116. The minimum Gasteiger partial charge on any atom is -0.348 e. The summed E-state index contributed by atoms with van der Waals surface area (Å²) < 4.78 is 0. The first-order valence-corrected chi connectivity index (χ1v) is 10.1. The summed E-state index contributed by atoms with van der Waals surface area (Å²) >= 11 is 1.62. The zero-order valence-corrected chi connectivity index (χ0v) is 15.8. The van der Waals surface area contributed by atoms with Gasteiger partial charge in [-0.1, -0.05) is 54.6 Å². The molecule has 4 rings (SSSR count). The van der Waals surface area contributed by atoms with Gasteiger partial charge in [0.25, 0.3) is 0 Å². The Hall–Kier alpha value is -2.26.